The van der Waals surface area contributed by atoms with Gasteiger partial charge in [0, 0.05) is 18.9 Å². The average molecular weight is 140 g/mol. The summed E-state index contributed by atoms with van der Waals surface area (Å²) in [7, 11) is 0. The Bertz CT molecular complexity index is 172. The minimum atomic E-state index is -0.241. The summed E-state index contributed by atoms with van der Waals surface area (Å²) in [5.74, 6) is 0. The summed E-state index contributed by atoms with van der Waals surface area (Å²) in [4.78, 5) is 3.86. The van der Waals surface area contributed by atoms with Crippen molar-refractivity contribution in [1.29, 1.82) is 0 Å². The van der Waals surface area contributed by atoms with E-state index in [-0.39, 0.29) is 6.10 Å². The van der Waals surface area contributed by atoms with Gasteiger partial charge in [0.2, 0.25) is 0 Å². The molecule has 1 aromatic rings. The molecule has 3 heteroatoms. The summed E-state index contributed by atoms with van der Waals surface area (Å²) in [6.07, 6.45) is 5.81. The van der Waals surface area contributed by atoms with Gasteiger partial charge in [0.1, 0.15) is 0 Å². The van der Waals surface area contributed by atoms with Crippen LogP contribution in [0.15, 0.2) is 18.7 Å². The molecule has 0 saturated heterocycles. The fourth-order valence-electron chi connectivity index (χ4n) is 0.767. The molecule has 10 heavy (non-hydrogen) atoms. The molecule has 56 valence electrons. The summed E-state index contributed by atoms with van der Waals surface area (Å²) in [5, 5.41) is 9.18. The van der Waals surface area contributed by atoms with Gasteiger partial charge in [-0.3, -0.25) is 0 Å². The first-order valence-electron chi connectivity index (χ1n) is 3.46. The van der Waals surface area contributed by atoms with Gasteiger partial charge in [-0.1, -0.05) is 6.92 Å². The van der Waals surface area contributed by atoms with Crippen LogP contribution in [0.25, 0.3) is 0 Å². The topological polar surface area (TPSA) is 38.0 Å². The lowest BCUT2D eigenvalue weighted by Gasteiger charge is -2.06. The van der Waals surface area contributed by atoms with Crippen LogP contribution in [0.3, 0.4) is 0 Å². The van der Waals surface area contributed by atoms with Crippen LogP contribution in [-0.4, -0.2) is 20.8 Å². The fraction of sp³-hybridized carbons (Fsp3) is 0.571. The molecule has 0 aromatic carbocycles. The van der Waals surface area contributed by atoms with Gasteiger partial charge in [-0.05, 0) is 6.42 Å². The molecule has 1 N–H and O–H groups in total. The summed E-state index contributed by atoms with van der Waals surface area (Å²) in [6, 6.07) is 0. The highest BCUT2D eigenvalue weighted by molar-refractivity contribution is 4.75. The average Bonchev–Trinajstić information content (AvgIpc) is 2.40. The van der Waals surface area contributed by atoms with Gasteiger partial charge < -0.3 is 9.67 Å². The Hall–Kier alpha value is -0.830. The highest BCUT2D eigenvalue weighted by atomic mass is 16.3. The predicted octanol–water partition coefficient (Wildman–Crippen LogP) is 0.654. The van der Waals surface area contributed by atoms with Crippen molar-refractivity contribution in [3.05, 3.63) is 18.7 Å². The van der Waals surface area contributed by atoms with Crippen LogP contribution in [0.2, 0.25) is 0 Å². The van der Waals surface area contributed by atoms with Crippen molar-refractivity contribution in [2.75, 3.05) is 0 Å². The van der Waals surface area contributed by atoms with Gasteiger partial charge in [0.15, 0.2) is 0 Å². The first-order chi connectivity index (χ1) is 4.83. The summed E-state index contributed by atoms with van der Waals surface area (Å²) >= 11 is 0. The third kappa shape index (κ3) is 1.84. The van der Waals surface area contributed by atoms with E-state index in [2.05, 4.69) is 4.98 Å². The number of aromatic nitrogens is 2. The Kier molecular flexibility index (Phi) is 2.45. The normalized spacial score (nSPS) is 13.4. The van der Waals surface area contributed by atoms with Crippen LogP contribution in [0.5, 0.6) is 0 Å². The third-order valence-corrected chi connectivity index (χ3v) is 1.45. The summed E-state index contributed by atoms with van der Waals surface area (Å²) < 4.78 is 1.87. The van der Waals surface area contributed by atoms with Crippen molar-refractivity contribution in [3.63, 3.8) is 0 Å². The minimum absolute atomic E-state index is 0.241. The molecule has 0 radical (unpaired) electrons. The summed E-state index contributed by atoms with van der Waals surface area (Å²) in [5.41, 5.74) is 0. The van der Waals surface area contributed by atoms with Crippen molar-refractivity contribution in [2.24, 2.45) is 0 Å². The van der Waals surface area contributed by atoms with E-state index in [9.17, 15) is 5.11 Å². The Morgan fingerprint density at radius 3 is 3.00 bits per heavy atom. The van der Waals surface area contributed by atoms with E-state index in [1.807, 2.05) is 17.7 Å². The molecule has 0 aliphatic carbocycles. The van der Waals surface area contributed by atoms with Crippen molar-refractivity contribution < 1.29 is 5.11 Å². The minimum Gasteiger partial charge on any atom is -0.391 e. The maximum Gasteiger partial charge on any atom is 0.0946 e. The van der Waals surface area contributed by atoms with Gasteiger partial charge in [-0.15, -0.1) is 0 Å². The molecule has 0 bridgehead atoms. The van der Waals surface area contributed by atoms with Gasteiger partial charge in [-0.25, -0.2) is 4.98 Å². The molecule has 0 amide bonds. The molecule has 0 saturated carbocycles. The molecule has 1 aromatic heterocycles. The molecular weight excluding hydrogens is 128 g/mol. The fourth-order valence-corrected chi connectivity index (χ4v) is 0.767. The molecule has 0 spiro atoms. The molecule has 1 rings (SSSR count). The van der Waals surface area contributed by atoms with Gasteiger partial charge in [0.05, 0.1) is 12.4 Å². The number of hydrogen-bond donors (Lipinski definition) is 1. The zero-order valence-corrected chi connectivity index (χ0v) is 6.07. The molecule has 3 nitrogen and oxygen atoms in total. The maximum absolute atomic E-state index is 9.18. The lowest BCUT2D eigenvalue weighted by atomic mass is 10.3. The quantitative estimate of drug-likeness (QED) is 0.669. The summed E-state index contributed by atoms with van der Waals surface area (Å²) in [6.45, 7) is 2.61. The highest BCUT2D eigenvalue weighted by Crippen LogP contribution is 1.94. The van der Waals surface area contributed by atoms with Crippen molar-refractivity contribution in [3.8, 4) is 0 Å². The van der Waals surface area contributed by atoms with Crippen LogP contribution in [0.4, 0.5) is 0 Å². The van der Waals surface area contributed by atoms with Gasteiger partial charge in [0.25, 0.3) is 0 Å². The molecule has 0 aliphatic rings. The SMILES string of the molecule is CC[C@@H](O)Cn1ccnc1. The Morgan fingerprint density at radius 1 is 1.70 bits per heavy atom. The number of rotatable bonds is 3. The van der Waals surface area contributed by atoms with E-state index in [1.54, 1.807) is 12.5 Å². The van der Waals surface area contributed by atoms with Gasteiger partial charge >= 0.3 is 0 Å². The number of aliphatic hydroxyl groups excluding tert-OH is 1. The van der Waals surface area contributed by atoms with E-state index in [0.717, 1.165) is 6.42 Å². The van der Waals surface area contributed by atoms with Crippen LogP contribution in [-0.2, 0) is 6.54 Å². The zero-order chi connectivity index (χ0) is 7.40. The second-order valence-electron chi connectivity index (χ2n) is 2.32. The zero-order valence-electron chi connectivity index (χ0n) is 6.07. The van der Waals surface area contributed by atoms with E-state index < -0.39 is 0 Å². The van der Waals surface area contributed by atoms with E-state index in [1.165, 1.54) is 0 Å². The van der Waals surface area contributed by atoms with Crippen LogP contribution >= 0.6 is 0 Å². The van der Waals surface area contributed by atoms with Crippen molar-refractivity contribution in [1.82, 2.24) is 9.55 Å². The second kappa shape index (κ2) is 3.37. The van der Waals surface area contributed by atoms with Crippen LogP contribution in [0, 0.1) is 0 Å². The molecule has 0 aliphatic heterocycles. The lowest BCUT2D eigenvalue weighted by molar-refractivity contribution is 0.150. The number of hydrogen-bond acceptors (Lipinski definition) is 2. The maximum atomic E-state index is 9.18. The van der Waals surface area contributed by atoms with E-state index in [4.69, 9.17) is 0 Å². The second-order valence-corrected chi connectivity index (χ2v) is 2.32. The Balaban J connectivity index is 2.40. The number of imidazole rings is 1. The molecule has 0 fully saturated rings. The van der Waals surface area contributed by atoms with E-state index >= 15 is 0 Å². The monoisotopic (exact) mass is 140 g/mol. The van der Waals surface area contributed by atoms with Crippen LogP contribution in [0.1, 0.15) is 13.3 Å². The largest absolute Gasteiger partial charge is 0.391 e. The van der Waals surface area contributed by atoms with Gasteiger partial charge in [-0.2, -0.15) is 0 Å². The lowest BCUT2D eigenvalue weighted by Crippen LogP contribution is -2.12. The number of aliphatic hydroxyl groups is 1. The van der Waals surface area contributed by atoms with Crippen molar-refractivity contribution in [2.45, 2.75) is 26.0 Å². The molecule has 1 heterocycles. The molecule has 1 atom stereocenters. The third-order valence-electron chi connectivity index (χ3n) is 1.45. The Labute approximate surface area is 60.3 Å². The highest BCUT2D eigenvalue weighted by Gasteiger charge is 1.99. The predicted molar refractivity (Wildman–Crippen MR) is 38.5 cm³/mol. The standard InChI is InChI=1S/C7H12N2O/c1-2-7(10)5-9-4-3-8-6-9/h3-4,6-7,10H,2,5H2,1H3/t7-/m1/s1. The van der Waals surface area contributed by atoms with Crippen molar-refractivity contribution >= 4 is 0 Å². The molecular formula is C7H12N2O. The first kappa shape index (κ1) is 7.28. The molecule has 0 unspecified atom stereocenters. The Morgan fingerprint density at radius 2 is 2.50 bits per heavy atom. The van der Waals surface area contributed by atoms with Crippen LogP contribution < -0.4 is 0 Å². The smallest absolute Gasteiger partial charge is 0.0946 e. The van der Waals surface area contributed by atoms with E-state index in [0.29, 0.717) is 6.54 Å². The first-order valence-corrected chi connectivity index (χ1v) is 3.46. The number of nitrogens with zero attached hydrogens (tertiary/aromatic N) is 2.